The monoisotopic (exact) mass is 286 g/mol. The second-order valence-corrected chi connectivity index (χ2v) is 4.33. The van der Waals surface area contributed by atoms with E-state index in [0.717, 1.165) is 12.1 Å². The van der Waals surface area contributed by atoms with E-state index in [-0.39, 0.29) is 22.2 Å². The molecule has 0 aliphatic heterocycles. The Balaban J connectivity index is 2.41. The number of pyridine rings is 2. The summed E-state index contributed by atoms with van der Waals surface area (Å²) in [7, 11) is 0. The number of carboxylic acid groups (broad SMARTS) is 1. The summed E-state index contributed by atoms with van der Waals surface area (Å²) in [6, 6.07) is 7.97. The van der Waals surface area contributed by atoms with Gasteiger partial charge in [0.15, 0.2) is 0 Å². The maximum absolute atomic E-state index is 13.9. The van der Waals surface area contributed by atoms with Gasteiger partial charge in [-0.1, -0.05) is 6.07 Å². The molecule has 0 amide bonds. The van der Waals surface area contributed by atoms with Crippen LogP contribution in [-0.4, -0.2) is 21.0 Å². The number of nitrogens with zero attached hydrogens (tertiary/aromatic N) is 2. The number of carboxylic acids is 1. The molecule has 0 unspecified atom stereocenters. The number of benzene rings is 1. The number of hydrogen-bond acceptors (Lipinski definition) is 3. The van der Waals surface area contributed by atoms with Crippen LogP contribution in [0.1, 0.15) is 10.4 Å². The van der Waals surface area contributed by atoms with Gasteiger partial charge in [-0.05, 0) is 30.3 Å². The van der Waals surface area contributed by atoms with Crippen LogP contribution >= 0.6 is 0 Å². The number of carbonyl (C=O) groups is 1. The summed E-state index contributed by atoms with van der Waals surface area (Å²) in [5.74, 6) is -2.97. The molecule has 0 aliphatic carbocycles. The molecule has 21 heavy (non-hydrogen) atoms. The highest BCUT2D eigenvalue weighted by Crippen LogP contribution is 2.27. The Bertz CT molecular complexity index is 851. The van der Waals surface area contributed by atoms with Gasteiger partial charge in [0.1, 0.15) is 17.2 Å². The number of fused-ring (bicyclic) bond motifs is 1. The van der Waals surface area contributed by atoms with Gasteiger partial charge in [0.05, 0.1) is 22.3 Å². The van der Waals surface area contributed by atoms with Crippen molar-refractivity contribution in [3.05, 3.63) is 59.8 Å². The fourth-order valence-corrected chi connectivity index (χ4v) is 2.08. The van der Waals surface area contributed by atoms with E-state index >= 15 is 0 Å². The zero-order valence-electron chi connectivity index (χ0n) is 10.5. The molecular formula is C15H8F2N2O2. The maximum Gasteiger partial charge on any atom is 0.336 e. The van der Waals surface area contributed by atoms with Crippen LogP contribution < -0.4 is 0 Å². The normalized spacial score (nSPS) is 10.8. The van der Waals surface area contributed by atoms with Crippen LogP contribution in [0.4, 0.5) is 8.78 Å². The summed E-state index contributed by atoms with van der Waals surface area (Å²) in [6.07, 6.45) is 1.50. The number of halogens is 2. The molecule has 2 heterocycles. The molecule has 1 N–H and O–H groups in total. The predicted molar refractivity (Wildman–Crippen MR) is 71.8 cm³/mol. The van der Waals surface area contributed by atoms with Crippen LogP contribution in [0.2, 0.25) is 0 Å². The third kappa shape index (κ3) is 2.20. The van der Waals surface area contributed by atoms with Crippen molar-refractivity contribution in [2.45, 2.75) is 0 Å². The predicted octanol–water partition coefficient (Wildman–Crippen LogP) is 3.27. The van der Waals surface area contributed by atoms with Crippen molar-refractivity contribution in [2.75, 3.05) is 0 Å². The van der Waals surface area contributed by atoms with Crippen molar-refractivity contribution in [1.82, 2.24) is 9.97 Å². The molecule has 0 radical (unpaired) electrons. The maximum atomic E-state index is 13.9. The lowest BCUT2D eigenvalue weighted by molar-refractivity contribution is 0.0698. The van der Waals surface area contributed by atoms with Crippen LogP contribution in [0.25, 0.3) is 22.3 Å². The average molecular weight is 286 g/mol. The van der Waals surface area contributed by atoms with Crippen LogP contribution in [0, 0.1) is 11.6 Å². The van der Waals surface area contributed by atoms with E-state index in [1.165, 1.54) is 12.3 Å². The molecule has 3 aromatic rings. The molecule has 0 saturated carbocycles. The Morgan fingerprint density at radius 3 is 2.48 bits per heavy atom. The first-order valence-corrected chi connectivity index (χ1v) is 6.01. The van der Waals surface area contributed by atoms with E-state index in [1.807, 2.05) is 0 Å². The zero-order valence-corrected chi connectivity index (χ0v) is 10.5. The highest BCUT2D eigenvalue weighted by Gasteiger charge is 2.19. The van der Waals surface area contributed by atoms with E-state index < -0.39 is 17.6 Å². The van der Waals surface area contributed by atoms with Gasteiger partial charge < -0.3 is 5.11 Å². The molecule has 0 atom stereocenters. The van der Waals surface area contributed by atoms with Gasteiger partial charge in [0.2, 0.25) is 0 Å². The first-order valence-electron chi connectivity index (χ1n) is 6.01. The molecule has 3 rings (SSSR count). The molecule has 0 fully saturated rings. The van der Waals surface area contributed by atoms with Gasteiger partial charge in [0, 0.05) is 6.20 Å². The summed E-state index contributed by atoms with van der Waals surface area (Å²) >= 11 is 0. The summed E-state index contributed by atoms with van der Waals surface area (Å²) < 4.78 is 27.7. The first kappa shape index (κ1) is 13.1. The second-order valence-electron chi connectivity index (χ2n) is 4.33. The van der Waals surface area contributed by atoms with Gasteiger partial charge in [-0.3, -0.25) is 4.98 Å². The van der Waals surface area contributed by atoms with E-state index in [2.05, 4.69) is 9.97 Å². The molecule has 4 nitrogen and oxygen atoms in total. The Morgan fingerprint density at radius 2 is 1.81 bits per heavy atom. The lowest BCUT2D eigenvalue weighted by atomic mass is 10.1. The molecule has 1 aromatic carbocycles. The van der Waals surface area contributed by atoms with Crippen LogP contribution in [0.15, 0.2) is 42.6 Å². The van der Waals surface area contributed by atoms with Crippen molar-refractivity contribution < 1.29 is 18.7 Å². The third-order valence-corrected chi connectivity index (χ3v) is 3.02. The number of aromatic nitrogens is 2. The first-order chi connectivity index (χ1) is 10.1. The molecule has 0 bridgehead atoms. The minimum atomic E-state index is -1.36. The Labute approximate surface area is 117 Å². The molecule has 2 aromatic heterocycles. The van der Waals surface area contributed by atoms with E-state index in [1.54, 1.807) is 18.2 Å². The Morgan fingerprint density at radius 1 is 1.05 bits per heavy atom. The quantitative estimate of drug-likeness (QED) is 0.785. The molecule has 0 saturated heterocycles. The standard InChI is InChI=1S/C15H8F2N2O2/c16-9-4-5-10(17)14-13(9)8(15(20)21)7-12(19-14)11-3-1-2-6-18-11/h1-7H,(H,20,21). The number of rotatable bonds is 2. The van der Waals surface area contributed by atoms with Crippen molar-refractivity contribution in [3.8, 4) is 11.4 Å². The largest absolute Gasteiger partial charge is 0.478 e. The van der Waals surface area contributed by atoms with Crippen LogP contribution in [-0.2, 0) is 0 Å². The number of aromatic carboxylic acids is 1. The Kier molecular flexibility index (Phi) is 3.06. The fraction of sp³-hybridized carbons (Fsp3) is 0. The lowest BCUT2D eigenvalue weighted by Crippen LogP contribution is -2.03. The fourth-order valence-electron chi connectivity index (χ4n) is 2.08. The summed E-state index contributed by atoms with van der Waals surface area (Å²) in [4.78, 5) is 19.4. The third-order valence-electron chi connectivity index (χ3n) is 3.02. The van der Waals surface area contributed by atoms with Crippen molar-refractivity contribution >= 4 is 16.9 Å². The van der Waals surface area contributed by atoms with Crippen molar-refractivity contribution in [3.63, 3.8) is 0 Å². The zero-order chi connectivity index (χ0) is 15.0. The van der Waals surface area contributed by atoms with Gasteiger partial charge in [-0.15, -0.1) is 0 Å². The molecule has 104 valence electrons. The average Bonchev–Trinajstić information content (AvgIpc) is 2.51. The van der Waals surface area contributed by atoms with E-state index in [4.69, 9.17) is 0 Å². The Hall–Kier alpha value is -2.89. The van der Waals surface area contributed by atoms with Gasteiger partial charge in [-0.25, -0.2) is 18.6 Å². The second kappa shape index (κ2) is 4.90. The molecule has 6 heteroatoms. The van der Waals surface area contributed by atoms with Crippen LogP contribution in [0.5, 0.6) is 0 Å². The summed E-state index contributed by atoms with van der Waals surface area (Å²) in [5, 5.41) is 8.89. The highest BCUT2D eigenvalue weighted by molar-refractivity contribution is 6.04. The summed E-state index contributed by atoms with van der Waals surface area (Å²) in [5.41, 5.74) is -0.122. The topological polar surface area (TPSA) is 63.1 Å². The van der Waals surface area contributed by atoms with Crippen LogP contribution in [0.3, 0.4) is 0 Å². The molecule has 0 aliphatic rings. The minimum Gasteiger partial charge on any atom is -0.478 e. The van der Waals surface area contributed by atoms with Gasteiger partial charge in [-0.2, -0.15) is 0 Å². The smallest absolute Gasteiger partial charge is 0.336 e. The lowest BCUT2D eigenvalue weighted by Gasteiger charge is -2.08. The van der Waals surface area contributed by atoms with Gasteiger partial charge in [0.25, 0.3) is 0 Å². The van der Waals surface area contributed by atoms with Crippen molar-refractivity contribution in [1.29, 1.82) is 0 Å². The summed E-state index contributed by atoms with van der Waals surface area (Å²) in [6.45, 7) is 0. The van der Waals surface area contributed by atoms with E-state index in [0.29, 0.717) is 5.69 Å². The SMILES string of the molecule is O=C(O)c1cc(-c2ccccn2)nc2c(F)ccc(F)c12. The van der Waals surface area contributed by atoms with Crippen molar-refractivity contribution in [2.24, 2.45) is 0 Å². The number of hydrogen-bond donors (Lipinski definition) is 1. The van der Waals surface area contributed by atoms with E-state index in [9.17, 15) is 18.7 Å². The highest BCUT2D eigenvalue weighted by atomic mass is 19.1. The molecular weight excluding hydrogens is 278 g/mol. The minimum absolute atomic E-state index is 0.171. The van der Waals surface area contributed by atoms with Gasteiger partial charge >= 0.3 is 5.97 Å². The molecule has 0 spiro atoms.